The zero-order valence-corrected chi connectivity index (χ0v) is 9.16. The van der Waals surface area contributed by atoms with E-state index >= 15 is 0 Å². The first-order valence-electron chi connectivity index (χ1n) is 5.21. The third-order valence-corrected chi connectivity index (χ3v) is 2.65. The number of benzene rings is 1. The molecule has 0 fully saturated rings. The van der Waals surface area contributed by atoms with Gasteiger partial charge in [-0.1, -0.05) is 23.8 Å². The van der Waals surface area contributed by atoms with Crippen LogP contribution in [0.2, 0.25) is 0 Å². The van der Waals surface area contributed by atoms with Gasteiger partial charge in [0.25, 0.3) is 0 Å². The summed E-state index contributed by atoms with van der Waals surface area (Å²) in [5.74, 6) is 0. The van der Waals surface area contributed by atoms with E-state index in [2.05, 4.69) is 42.5 Å². The van der Waals surface area contributed by atoms with Crippen LogP contribution < -0.4 is 5.48 Å². The van der Waals surface area contributed by atoms with E-state index in [1.165, 1.54) is 16.7 Å². The molecule has 2 rings (SSSR count). The summed E-state index contributed by atoms with van der Waals surface area (Å²) in [5.41, 5.74) is 6.63. The highest BCUT2D eigenvalue weighted by atomic mass is 16.6. The molecule has 0 bridgehead atoms. The standard InChI is InChI=1S/C12H16N2O/c1-9-3-4-11(10(2)5-9)6-12-7-15-14-8-13-12/h3-5,8,12H,6-7H2,1-2H3,(H,13,14). The van der Waals surface area contributed by atoms with Crippen molar-refractivity contribution in [1.82, 2.24) is 5.48 Å². The second-order valence-corrected chi connectivity index (χ2v) is 3.99. The van der Waals surface area contributed by atoms with E-state index < -0.39 is 0 Å². The lowest BCUT2D eigenvalue weighted by Crippen LogP contribution is -2.29. The van der Waals surface area contributed by atoms with Crippen molar-refractivity contribution in [2.45, 2.75) is 26.3 Å². The minimum absolute atomic E-state index is 0.243. The Morgan fingerprint density at radius 1 is 1.47 bits per heavy atom. The SMILES string of the molecule is Cc1ccc(CC2CONC=N2)c(C)c1. The molecule has 0 saturated carbocycles. The van der Waals surface area contributed by atoms with Gasteiger partial charge in [0.2, 0.25) is 0 Å². The second-order valence-electron chi connectivity index (χ2n) is 3.99. The molecule has 0 aliphatic carbocycles. The van der Waals surface area contributed by atoms with Gasteiger partial charge in [0.15, 0.2) is 0 Å². The number of nitrogens with zero attached hydrogens (tertiary/aromatic N) is 1. The zero-order chi connectivity index (χ0) is 10.7. The van der Waals surface area contributed by atoms with Crippen molar-refractivity contribution in [1.29, 1.82) is 0 Å². The van der Waals surface area contributed by atoms with Crippen LogP contribution in [-0.2, 0) is 11.3 Å². The average Bonchev–Trinajstić information content (AvgIpc) is 2.24. The van der Waals surface area contributed by atoms with Crippen molar-refractivity contribution in [3.8, 4) is 0 Å². The summed E-state index contributed by atoms with van der Waals surface area (Å²) in [7, 11) is 0. The molecule has 0 saturated heterocycles. The van der Waals surface area contributed by atoms with E-state index in [1.54, 1.807) is 6.34 Å². The van der Waals surface area contributed by atoms with Gasteiger partial charge in [-0.2, -0.15) is 0 Å². The second kappa shape index (κ2) is 4.45. The Balaban J connectivity index is 2.09. The highest BCUT2D eigenvalue weighted by Crippen LogP contribution is 2.14. The van der Waals surface area contributed by atoms with Crippen molar-refractivity contribution in [2.24, 2.45) is 4.99 Å². The van der Waals surface area contributed by atoms with Crippen molar-refractivity contribution in [3.05, 3.63) is 34.9 Å². The number of hydrogen-bond donors (Lipinski definition) is 1. The first-order valence-corrected chi connectivity index (χ1v) is 5.21. The van der Waals surface area contributed by atoms with Crippen LogP contribution in [-0.4, -0.2) is 19.0 Å². The topological polar surface area (TPSA) is 33.6 Å². The first kappa shape index (κ1) is 10.2. The lowest BCUT2D eigenvalue weighted by atomic mass is 10.00. The zero-order valence-electron chi connectivity index (χ0n) is 9.16. The third-order valence-electron chi connectivity index (χ3n) is 2.65. The van der Waals surface area contributed by atoms with Crippen LogP contribution >= 0.6 is 0 Å². The minimum atomic E-state index is 0.243. The largest absolute Gasteiger partial charge is 0.273 e. The van der Waals surface area contributed by atoms with Gasteiger partial charge in [0, 0.05) is 0 Å². The number of aryl methyl sites for hydroxylation is 2. The summed E-state index contributed by atoms with van der Waals surface area (Å²) in [6.07, 6.45) is 2.57. The van der Waals surface area contributed by atoms with Crippen LogP contribution in [0.1, 0.15) is 16.7 Å². The number of aliphatic imine (C=N–C) groups is 1. The summed E-state index contributed by atoms with van der Waals surface area (Å²) in [6, 6.07) is 6.78. The van der Waals surface area contributed by atoms with E-state index in [-0.39, 0.29) is 6.04 Å². The van der Waals surface area contributed by atoms with Crippen LogP contribution in [0, 0.1) is 13.8 Å². The molecule has 80 valence electrons. The summed E-state index contributed by atoms with van der Waals surface area (Å²) in [6.45, 7) is 4.90. The fourth-order valence-corrected chi connectivity index (χ4v) is 1.80. The number of hydroxylamine groups is 1. The van der Waals surface area contributed by atoms with Gasteiger partial charge in [-0.25, -0.2) is 0 Å². The molecule has 1 atom stereocenters. The molecule has 1 aromatic carbocycles. The summed E-state index contributed by atoms with van der Waals surface area (Å²) in [4.78, 5) is 9.45. The molecule has 1 N–H and O–H groups in total. The van der Waals surface area contributed by atoms with E-state index in [0.717, 1.165) is 6.42 Å². The molecule has 3 nitrogen and oxygen atoms in total. The third kappa shape index (κ3) is 2.57. The average molecular weight is 204 g/mol. The van der Waals surface area contributed by atoms with Crippen LogP contribution in [0.3, 0.4) is 0 Å². The number of rotatable bonds is 2. The fourth-order valence-electron chi connectivity index (χ4n) is 1.80. The van der Waals surface area contributed by atoms with E-state index in [4.69, 9.17) is 4.84 Å². The van der Waals surface area contributed by atoms with Crippen LogP contribution in [0.15, 0.2) is 23.2 Å². The first-order chi connectivity index (χ1) is 7.25. The van der Waals surface area contributed by atoms with Crippen molar-refractivity contribution >= 4 is 6.34 Å². The molecule has 0 radical (unpaired) electrons. The molecule has 0 aromatic heterocycles. The van der Waals surface area contributed by atoms with Crippen LogP contribution in [0.5, 0.6) is 0 Å². The Kier molecular flexibility index (Phi) is 3.02. The normalized spacial score (nSPS) is 20.0. The predicted octanol–water partition coefficient (Wildman–Crippen LogP) is 1.78. The molecule has 3 heteroatoms. The number of hydrogen-bond acceptors (Lipinski definition) is 3. The lowest BCUT2D eigenvalue weighted by molar-refractivity contribution is 0.0661. The van der Waals surface area contributed by atoms with Crippen molar-refractivity contribution < 1.29 is 4.84 Å². The molecular formula is C12H16N2O. The van der Waals surface area contributed by atoms with Gasteiger partial charge in [-0.15, -0.1) is 0 Å². The maximum Gasteiger partial charge on any atom is 0.107 e. The molecule has 1 aliphatic rings. The quantitative estimate of drug-likeness (QED) is 0.796. The maximum absolute atomic E-state index is 5.12. The van der Waals surface area contributed by atoms with E-state index in [0.29, 0.717) is 6.61 Å². The summed E-state index contributed by atoms with van der Waals surface area (Å²) in [5, 5.41) is 0. The summed E-state index contributed by atoms with van der Waals surface area (Å²) < 4.78 is 0. The Hall–Kier alpha value is -1.35. The smallest absolute Gasteiger partial charge is 0.107 e. The van der Waals surface area contributed by atoms with Crippen LogP contribution in [0.25, 0.3) is 0 Å². The molecule has 1 unspecified atom stereocenters. The van der Waals surface area contributed by atoms with Gasteiger partial charge >= 0.3 is 0 Å². The predicted molar refractivity (Wildman–Crippen MR) is 61.0 cm³/mol. The van der Waals surface area contributed by atoms with Gasteiger partial charge in [0.05, 0.1) is 12.6 Å². The monoisotopic (exact) mass is 204 g/mol. The van der Waals surface area contributed by atoms with E-state index in [9.17, 15) is 0 Å². The van der Waals surface area contributed by atoms with Crippen molar-refractivity contribution in [2.75, 3.05) is 6.61 Å². The van der Waals surface area contributed by atoms with Gasteiger partial charge in [-0.3, -0.25) is 15.3 Å². The molecule has 15 heavy (non-hydrogen) atoms. The Morgan fingerprint density at radius 2 is 2.33 bits per heavy atom. The van der Waals surface area contributed by atoms with Gasteiger partial charge in [0.1, 0.15) is 6.34 Å². The van der Waals surface area contributed by atoms with Crippen molar-refractivity contribution in [3.63, 3.8) is 0 Å². The maximum atomic E-state index is 5.12. The minimum Gasteiger partial charge on any atom is -0.273 e. The molecule has 0 amide bonds. The summed E-state index contributed by atoms with van der Waals surface area (Å²) >= 11 is 0. The molecular weight excluding hydrogens is 188 g/mol. The molecule has 1 aromatic rings. The van der Waals surface area contributed by atoms with Gasteiger partial charge < -0.3 is 0 Å². The highest BCUT2D eigenvalue weighted by molar-refractivity contribution is 5.53. The molecule has 1 aliphatic heterocycles. The van der Waals surface area contributed by atoms with Gasteiger partial charge in [-0.05, 0) is 31.4 Å². The van der Waals surface area contributed by atoms with E-state index in [1.807, 2.05) is 0 Å². The fraction of sp³-hybridized carbons (Fsp3) is 0.417. The Labute approximate surface area is 90.1 Å². The Bertz CT molecular complexity index is 374. The number of nitrogens with one attached hydrogen (secondary N) is 1. The molecule has 1 heterocycles. The highest BCUT2D eigenvalue weighted by Gasteiger charge is 2.12. The van der Waals surface area contributed by atoms with Crippen LogP contribution in [0.4, 0.5) is 0 Å². The molecule has 0 spiro atoms. The lowest BCUT2D eigenvalue weighted by Gasteiger charge is -2.17. The Morgan fingerprint density at radius 3 is 3.00 bits per heavy atom.